The molecule has 9 heteroatoms. The van der Waals surface area contributed by atoms with E-state index in [4.69, 9.17) is 9.26 Å². The predicted molar refractivity (Wildman–Crippen MR) is 122 cm³/mol. The first-order valence-corrected chi connectivity index (χ1v) is 11.8. The molecule has 1 aromatic heterocycles. The van der Waals surface area contributed by atoms with Crippen molar-refractivity contribution in [3.05, 3.63) is 41.5 Å². The second-order valence-electron chi connectivity index (χ2n) is 8.97. The van der Waals surface area contributed by atoms with Gasteiger partial charge >= 0.3 is 0 Å². The summed E-state index contributed by atoms with van der Waals surface area (Å²) in [6.07, 6.45) is 3.03. The Morgan fingerprint density at radius 2 is 1.85 bits per heavy atom. The maximum absolute atomic E-state index is 12.8. The van der Waals surface area contributed by atoms with Crippen molar-refractivity contribution in [2.45, 2.75) is 39.2 Å². The second kappa shape index (κ2) is 10.8. The van der Waals surface area contributed by atoms with Gasteiger partial charge < -0.3 is 19.1 Å². The molecule has 0 unspecified atom stereocenters. The molecule has 0 N–H and O–H groups in total. The first kappa shape index (κ1) is 23.2. The van der Waals surface area contributed by atoms with Crippen LogP contribution in [0.5, 0.6) is 5.75 Å². The van der Waals surface area contributed by atoms with Crippen LogP contribution in [0, 0.1) is 5.92 Å². The van der Waals surface area contributed by atoms with Gasteiger partial charge in [-0.05, 0) is 37.0 Å². The van der Waals surface area contributed by atoms with E-state index >= 15 is 0 Å². The van der Waals surface area contributed by atoms with Crippen LogP contribution in [-0.2, 0) is 17.8 Å². The number of methoxy groups -OCH3 is 1. The fourth-order valence-corrected chi connectivity index (χ4v) is 4.33. The quantitative estimate of drug-likeness (QED) is 0.632. The van der Waals surface area contributed by atoms with Gasteiger partial charge in [0.1, 0.15) is 5.75 Å². The van der Waals surface area contributed by atoms with Gasteiger partial charge in [0.15, 0.2) is 5.82 Å². The highest BCUT2D eigenvalue weighted by Crippen LogP contribution is 2.18. The van der Waals surface area contributed by atoms with Gasteiger partial charge in [-0.15, -0.1) is 0 Å². The first-order valence-electron chi connectivity index (χ1n) is 11.8. The number of nitrogens with zero attached hydrogens (tertiary/aromatic N) is 5. The van der Waals surface area contributed by atoms with Crippen LogP contribution in [0.3, 0.4) is 0 Å². The van der Waals surface area contributed by atoms with Crippen LogP contribution in [0.2, 0.25) is 0 Å². The smallest absolute Gasteiger partial charge is 0.254 e. The summed E-state index contributed by atoms with van der Waals surface area (Å²) in [7, 11) is 1.60. The minimum atomic E-state index is 0.0169. The molecule has 0 bridgehead atoms. The summed E-state index contributed by atoms with van der Waals surface area (Å²) in [5, 5.41) is 4.08. The van der Waals surface area contributed by atoms with Crippen LogP contribution >= 0.6 is 0 Å². The number of likely N-dealkylation sites (tertiary alicyclic amines) is 1. The van der Waals surface area contributed by atoms with Crippen molar-refractivity contribution < 1.29 is 18.8 Å². The highest BCUT2D eigenvalue weighted by Gasteiger charge is 2.24. The molecule has 3 heterocycles. The van der Waals surface area contributed by atoms with E-state index in [1.54, 1.807) is 13.2 Å². The third-order valence-corrected chi connectivity index (χ3v) is 6.54. The molecule has 2 saturated heterocycles. The number of aryl methyl sites for hydroxylation is 1. The number of hydrogen-bond donors (Lipinski definition) is 0. The lowest BCUT2D eigenvalue weighted by atomic mass is 9.99. The van der Waals surface area contributed by atoms with Crippen molar-refractivity contribution in [2.75, 3.05) is 46.4 Å². The van der Waals surface area contributed by atoms with E-state index in [0.29, 0.717) is 61.4 Å². The lowest BCUT2D eigenvalue weighted by Gasteiger charge is -2.34. The maximum Gasteiger partial charge on any atom is 0.254 e. The van der Waals surface area contributed by atoms with Gasteiger partial charge in [-0.2, -0.15) is 4.98 Å². The molecule has 0 saturated carbocycles. The van der Waals surface area contributed by atoms with Gasteiger partial charge in [0.25, 0.3) is 5.91 Å². The fraction of sp³-hybridized carbons (Fsp3) is 0.583. The Balaban J connectivity index is 1.21. The van der Waals surface area contributed by atoms with E-state index < -0.39 is 0 Å². The maximum atomic E-state index is 12.8. The summed E-state index contributed by atoms with van der Waals surface area (Å²) in [5.41, 5.74) is 0.638. The SMILES string of the molecule is COc1cccc(C(=O)N2CCN(Cc3noc(CCC(=O)N4CCC(C)CC4)n3)CC2)c1. The molecule has 4 rings (SSSR count). The van der Waals surface area contributed by atoms with Gasteiger partial charge in [-0.25, -0.2) is 0 Å². The fourth-order valence-electron chi connectivity index (χ4n) is 4.33. The molecule has 33 heavy (non-hydrogen) atoms. The number of carbonyl (C=O) groups is 2. The van der Waals surface area contributed by atoms with E-state index in [-0.39, 0.29) is 11.8 Å². The van der Waals surface area contributed by atoms with Gasteiger partial charge in [0, 0.05) is 57.7 Å². The van der Waals surface area contributed by atoms with Gasteiger partial charge in [-0.3, -0.25) is 14.5 Å². The van der Waals surface area contributed by atoms with Crippen LogP contribution in [0.25, 0.3) is 0 Å². The Bertz CT molecular complexity index is 946. The van der Waals surface area contributed by atoms with E-state index in [1.165, 1.54) is 0 Å². The number of piperazine rings is 1. The molecule has 178 valence electrons. The number of aromatic nitrogens is 2. The summed E-state index contributed by atoms with van der Waals surface area (Å²) < 4.78 is 10.6. The van der Waals surface area contributed by atoms with E-state index in [9.17, 15) is 9.59 Å². The monoisotopic (exact) mass is 455 g/mol. The van der Waals surface area contributed by atoms with E-state index in [2.05, 4.69) is 22.0 Å². The number of hydrogen-bond acceptors (Lipinski definition) is 7. The highest BCUT2D eigenvalue weighted by atomic mass is 16.5. The Kier molecular flexibility index (Phi) is 7.59. The van der Waals surface area contributed by atoms with Crippen LogP contribution in [0.4, 0.5) is 0 Å². The molecule has 0 aliphatic carbocycles. The van der Waals surface area contributed by atoms with Crippen LogP contribution in [-0.4, -0.2) is 83.0 Å². The minimum Gasteiger partial charge on any atom is -0.497 e. The van der Waals surface area contributed by atoms with Gasteiger partial charge in [-0.1, -0.05) is 18.1 Å². The molecule has 2 amide bonds. The number of ether oxygens (including phenoxy) is 1. The third-order valence-electron chi connectivity index (χ3n) is 6.54. The lowest BCUT2D eigenvalue weighted by Crippen LogP contribution is -2.48. The van der Waals surface area contributed by atoms with Crippen molar-refractivity contribution in [2.24, 2.45) is 5.92 Å². The number of benzene rings is 1. The third kappa shape index (κ3) is 6.10. The molecule has 2 aromatic rings. The summed E-state index contributed by atoms with van der Waals surface area (Å²) >= 11 is 0. The Hall–Kier alpha value is -2.94. The number of amides is 2. The lowest BCUT2D eigenvalue weighted by molar-refractivity contribution is -0.132. The van der Waals surface area contributed by atoms with Crippen molar-refractivity contribution in [1.29, 1.82) is 0 Å². The largest absolute Gasteiger partial charge is 0.497 e. The zero-order valence-electron chi connectivity index (χ0n) is 19.5. The summed E-state index contributed by atoms with van der Waals surface area (Å²) in [4.78, 5) is 35.7. The molecule has 2 aliphatic rings. The molecule has 1 aromatic carbocycles. The highest BCUT2D eigenvalue weighted by molar-refractivity contribution is 5.94. The minimum absolute atomic E-state index is 0.0169. The predicted octanol–water partition coefficient (Wildman–Crippen LogP) is 2.23. The normalized spacial score (nSPS) is 17.9. The molecule has 0 spiro atoms. The van der Waals surface area contributed by atoms with E-state index in [1.807, 2.05) is 28.0 Å². The Morgan fingerprint density at radius 3 is 2.58 bits per heavy atom. The van der Waals surface area contributed by atoms with Crippen molar-refractivity contribution in [1.82, 2.24) is 24.8 Å². The van der Waals surface area contributed by atoms with Crippen LogP contribution in [0.1, 0.15) is 48.3 Å². The van der Waals surface area contributed by atoms with Crippen molar-refractivity contribution in [3.8, 4) is 5.75 Å². The van der Waals surface area contributed by atoms with E-state index in [0.717, 1.165) is 39.0 Å². The zero-order chi connectivity index (χ0) is 23.2. The molecular weight excluding hydrogens is 422 g/mol. The molecule has 2 aliphatic heterocycles. The average molecular weight is 456 g/mol. The average Bonchev–Trinajstić information content (AvgIpc) is 3.30. The van der Waals surface area contributed by atoms with Crippen LogP contribution in [0.15, 0.2) is 28.8 Å². The topological polar surface area (TPSA) is 92.0 Å². The van der Waals surface area contributed by atoms with Crippen molar-refractivity contribution >= 4 is 11.8 Å². The Labute approximate surface area is 194 Å². The van der Waals surface area contributed by atoms with Gasteiger partial charge in [0.2, 0.25) is 11.8 Å². The second-order valence-corrected chi connectivity index (χ2v) is 8.97. The summed E-state index contributed by atoms with van der Waals surface area (Å²) in [5.74, 6) is 2.70. The number of carbonyl (C=O) groups excluding carboxylic acids is 2. The van der Waals surface area contributed by atoms with Gasteiger partial charge in [0.05, 0.1) is 13.7 Å². The molecule has 0 radical (unpaired) electrons. The molecule has 9 nitrogen and oxygen atoms in total. The number of piperidine rings is 1. The standard InChI is InChI=1S/C24H33N5O4/c1-18-8-10-28(11-9-18)23(30)7-6-22-25-21(26-33-22)17-27-12-14-29(15-13-27)24(31)19-4-3-5-20(16-19)32-2/h3-5,16,18H,6-15,17H2,1-2H3. The first-order chi connectivity index (χ1) is 16.0. The zero-order valence-corrected chi connectivity index (χ0v) is 19.5. The molecule has 0 atom stereocenters. The van der Waals surface area contributed by atoms with Crippen LogP contribution < -0.4 is 4.74 Å². The summed E-state index contributed by atoms with van der Waals surface area (Å²) in [6, 6.07) is 7.25. The molecule has 2 fully saturated rings. The molecular formula is C24H33N5O4. The number of rotatable bonds is 7. The van der Waals surface area contributed by atoms with Crippen molar-refractivity contribution in [3.63, 3.8) is 0 Å². The Morgan fingerprint density at radius 1 is 1.09 bits per heavy atom. The summed E-state index contributed by atoms with van der Waals surface area (Å²) in [6.45, 7) is 7.27.